The van der Waals surface area contributed by atoms with Crippen molar-refractivity contribution in [2.24, 2.45) is 0 Å². The quantitative estimate of drug-likeness (QED) is 0.524. The molecule has 1 N–H and O–H groups in total. The zero-order chi connectivity index (χ0) is 18.4. The molecule has 0 spiro atoms. The predicted molar refractivity (Wildman–Crippen MR) is 110 cm³/mol. The summed E-state index contributed by atoms with van der Waals surface area (Å²) in [5.41, 5.74) is 2.48. The average Bonchev–Trinajstić information content (AvgIpc) is 2.62. The molecule has 3 aromatic rings. The van der Waals surface area contributed by atoms with Crippen LogP contribution >= 0.6 is 23.4 Å². The molecule has 3 rings (SSSR count). The van der Waals surface area contributed by atoms with Crippen molar-refractivity contribution < 1.29 is 8.42 Å². The second-order valence-electron chi connectivity index (χ2n) is 5.76. The first kappa shape index (κ1) is 18.8. The molecule has 134 valence electrons. The molecule has 0 unspecified atom stereocenters. The summed E-state index contributed by atoms with van der Waals surface area (Å²) in [6, 6.07) is 24.2. The second-order valence-corrected chi connectivity index (χ2v) is 8.93. The van der Waals surface area contributed by atoms with Crippen molar-refractivity contribution in [2.75, 3.05) is 4.72 Å². The number of benzene rings is 3. The van der Waals surface area contributed by atoms with Crippen LogP contribution in [0.25, 0.3) is 0 Å². The van der Waals surface area contributed by atoms with Gasteiger partial charge in [0.2, 0.25) is 10.0 Å². The van der Waals surface area contributed by atoms with Crippen LogP contribution in [0.5, 0.6) is 0 Å². The normalized spacial score (nSPS) is 11.3. The monoisotopic (exact) mass is 403 g/mol. The van der Waals surface area contributed by atoms with Gasteiger partial charge in [-0.25, -0.2) is 8.42 Å². The van der Waals surface area contributed by atoms with E-state index in [4.69, 9.17) is 11.6 Å². The van der Waals surface area contributed by atoms with Crippen LogP contribution in [0.3, 0.4) is 0 Å². The summed E-state index contributed by atoms with van der Waals surface area (Å²) in [6.07, 6.45) is 0. The van der Waals surface area contributed by atoms with Gasteiger partial charge in [0, 0.05) is 15.7 Å². The zero-order valence-electron chi connectivity index (χ0n) is 13.9. The highest BCUT2D eigenvalue weighted by molar-refractivity contribution is 7.98. The smallest absolute Gasteiger partial charge is 0.236 e. The molecule has 0 aliphatic rings. The first-order chi connectivity index (χ1) is 12.5. The summed E-state index contributed by atoms with van der Waals surface area (Å²) < 4.78 is 27.7. The topological polar surface area (TPSA) is 46.2 Å². The van der Waals surface area contributed by atoms with Crippen LogP contribution in [0, 0.1) is 0 Å². The second kappa shape index (κ2) is 8.62. The van der Waals surface area contributed by atoms with Gasteiger partial charge in [-0.3, -0.25) is 4.72 Å². The molecule has 0 aliphatic heterocycles. The van der Waals surface area contributed by atoms with Gasteiger partial charge in [-0.2, -0.15) is 0 Å². The highest BCUT2D eigenvalue weighted by atomic mass is 35.5. The summed E-state index contributed by atoms with van der Waals surface area (Å²) in [6.45, 7) is 0. The number of halogens is 1. The van der Waals surface area contributed by atoms with E-state index in [1.165, 1.54) is 0 Å². The molecule has 0 radical (unpaired) electrons. The van der Waals surface area contributed by atoms with Crippen LogP contribution in [-0.4, -0.2) is 8.42 Å². The molecule has 3 aromatic carbocycles. The third-order valence-corrected chi connectivity index (χ3v) is 6.30. The Bertz CT molecular complexity index is 959. The number of anilines is 1. The summed E-state index contributed by atoms with van der Waals surface area (Å²) in [5.74, 6) is 0.679. The summed E-state index contributed by atoms with van der Waals surface area (Å²) >= 11 is 7.49. The number of para-hydroxylation sites is 1. The Morgan fingerprint density at radius 3 is 2.19 bits per heavy atom. The number of hydrogen-bond donors (Lipinski definition) is 1. The lowest BCUT2D eigenvalue weighted by atomic mass is 10.2. The highest BCUT2D eigenvalue weighted by Crippen LogP contribution is 2.31. The Kier molecular flexibility index (Phi) is 6.25. The van der Waals surface area contributed by atoms with Crippen molar-refractivity contribution in [3.05, 3.63) is 95.0 Å². The number of rotatable bonds is 7. The Morgan fingerprint density at radius 1 is 0.808 bits per heavy atom. The summed E-state index contributed by atoms with van der Waals surface area (Å²) in [4.78, 5) is 0.888. The summed E-state index contributed by atoms with van der Waals surface area (Å²) in [7, 11) is -3.48. The van der Waals surface area contributed by atoms with E-state index in [9.17, 15) is 8.42 Å². The maximum atomic E-state index is 12.5. The minimum Gasteiger partial charge on any atom is -0.282 e. The van der Waals surface area contributed by atoms with Crippen LogP contribution in [0.1, 0.15) is 11.1 Å². The Balaban J connectivity index is 1.71. The van der Waals surface area contributed by atoms with E-state index in [2.05, 4.69) is 4.72 Å². The van der Waals surface area contributed by atoms with Gasteiger partial charge >= 0.3 is 0 Å². The first-order valence-electron chi connectivity index (χ1n) is 8.02. The van der Waals surface area contributed by atoms with Crippen LogP contribution in [-0.2, 0) is 21.5 Å². The zero-order valence-corrected chi connectivity index (χ0v) is 16.3. The maximum Gasteiger partial charge on any atom is 0.236 e. The number of nitrogens with one attached hydrogen (secondary N) is 1. The van der Waals surface area contributed by atoms with E-state index in [1.54, 1.807) is 30.0 Å². The molecule has 0 heterocycles. The van der Waals surface area contributed by atoms with Crippen molar-refractivity contribution in [3.8, 4) is 0 Å². The Morgan fingerprint density at radius 2 is 1.46 bits per heavy atom. The molecule has 26 heavy (non-hydrogen) atoms. The SMILES string of the molecule is O=S(=O)(Cc1ccccc1)Nc1ccccc1SCc1ccc(Cl)cc1. The van der Waals surface area contributed by atoms with Gasteiger partial charge in [0.05, 0.1) is 11.4 Å². The minimum atomic E-state index is -3.48. The van der Waals surface area contributed by atoms with Crippen molar-refractivity contribution in [2.45, 2.75) is 16.4 Å². The van der Waals surface area contributed by atoms with Crippen LogP contribution in [0.4, 0.5) is 5.69 Å². The molecular formula is C20H18ClNO2S2. The molecule has 0 aliphatic carbocycles. The van der Waals surface area contributed by atoms with Crippen LogP contribution in [0.15, 0.2) is 83.8 Å². The lowest BCUT2D eigenvalue weighted by Gasteiger charge is -2.12. The molecule has 0 atom stereocenters. The van der Waals surface area contributed by atoms with Gasteiger partial charge < -0.3 is 0 Å². The third-order valence-electron chi connectivity index (χ3n) is 3.66. The van der Waals surface area contributed by atoms with Crippen molar-refractivity contribution in [1.82, 2.24) is 0 Å². The minimum absolute atomic E-state index is 0.0516. The highest BCUT2D eigenvalue weighted by Gasteiger charge is 2.14. The fourth-order valence-corrected chi connectivity index (χ4v) is 4.79. The third kappa shape index (κ3) is 5.53. The van der Waals surface area contributed by atoms with Gasteiger partial charge in [0.25, 0.3) is 0 Å². The number of sulfonamides is 1. The van der Waals surface area contributed by atoms with E-state index in [1.807, 2.05) is 60.7 Å². The number of hydrogen-bond acceptors (Lipinski definition) is 3. The van der Waals surface area contributed by atoms with E-state index < -0.39 is 10.0 Å². The van der Waals surface area contributed by atoms with Gasteiger partial charge in [-0.05, 0) is 35.4 Å². The molecule has 6 heteroatoms. The van der Waals surface area contributed by atoms with Crippen molar-refractivity contribution in [3.63, 3.8) is 0 Å². The van der Waals surface area contributed by atoms with Gasteiger partial charge in [0.1, 0.15) is 0 Å². The molecule has 0 saturated carbocycles. The maximum absolute atomic E-state index is 12.5. The Hall–Kier alpha value is -1.95. The van der Waals surface area contributed by atoms with Crippen LogP contribution < -0.4 is 4.72 Å². The molecular weight excluding hydrogens is 386 g/mol. The fourth-order valence-electron chi connectivity index (χ4n) is 2.42. The summed E-state index contributed by atoms with van der Waals surface area (Å²) in [5, 5.41) is 0.702. The Labute approximate surface area is 163 Å². The molecule has 0 fully saturated rings. The average molecular weight is 404 g/mol. The predicted octanol–water partition coefficient (Wildman–Crippen LogP) is 5.57. The van der Waals surface area contributed by atoms with E-state index in [0.29, 0.717) is 10.7 Å². The van der Waals surface area contributed by atoms with Gasteiger partial charge in [0.15, 0.2) is 0 Å². The van der Waals surface area contributed by atoms with Crippen molar-refractivity contribution in [1.29, 1.82) is 0 Å². The number of thioether (sulfide) groups is 1. The fraction of sp³-hybridized carbons (Fsp3) is 0.100. The lowest BCUT2D eigenvalue weighted by molar-refractivity contribution is 0.600. The first-order valence-corrected chi connectivity index (χ1v) is 11.0. The van der Waals surface area contributed by atoms with Crippen LogP contribution in [0.2, 0.25) is 5.02 Å². The van der Waals surface area contributed by atoms with Crippen molar-refractivity contribution >= 4 is 39.1 Å². The standard InChI is InChI=1S/C20H18ClNO2S2/c21-18-12-10-16(11-13-18)14-25-20-9-5-4-8-19(20)22-26(23,24)15-17-6-2-1-3-7-17/h1-13,22H,14-15H2. The lowest BCUT2D eigenvalue weighted by Crippen LogP contribution is -2.15. The van der Waals surface area contributed by atoms with E-state index >= 15 is 0 Å². The van der Waals surface area contributed by atoms with E-state index in [0.717, 1.165) is 21.8 Å². The van der Waals surface area contributed by atoms with E-state index in [-0.39, 0.29) is 5.75 Å². The molecule has 0 bridgehead atoms. The molecule has 3 nitrogen and oxygen atoms in total. The largest absolute Gasteiger partial charge is 0.282 e. The van der Waals surface area contributed by atoms with Gasteiger partial charge in [-0.15, -0.1) is 11.8 Å². The van der Waals surface area contributed by atoms with Gasteiger partial charge in [-0.1, -0.05) is 66.2 Å². The molecule has 0 amide bonds. The molecule has 0 saturated heterocycles. The molecule has 0 aromatic heterocycles.